The number of H-pyrrole nitrogens is 1. The van der Waals surface area contributed by atoms with Crippen LogP contribution in [-0.2, 0) is 11.3 Å². The molecule has 1 unspecified atom stereocenters. The Morgan fingerprint density at radius 1 is 1.67 bits per heavy atom. The number of nitrogens with one attached hydrogen (secondary N) is 1. The summed E-state index contributed by atoms with van der Waals surface area (Å²) in [6.45, 7) is 0.117. The highest BCUT2D eigenvalue weighted by Gasteiger charge is 2.08. The predicted molar refractivity (Wildman–Crippen MR) is 54.2 cm³/mol. The zero-order valence-electron chi connectivity index (χ0n) is 8.07. The minimum atomic E-state index is -0.824. The molecule has 84 valence electrons. The fraction of sp³-hybridized carbons (Fsp3) is 0.500. The van der Waals surface area contributed by atoms with Gasteiger partial charge in [-0.2, -0.15) is 0 Å². The maximum atomic E-state index is 11.2. The third-order valence-corrected chi connectivity index (χ3v) is 2.00. The first-order valence-electron chi connectivity index (χ1n) is 4.21. The molecule has 0 aliphatic rings. The van der Waals surface area contributed by atoms with Crippen LogP contribution in [0.3, 0.4) is 0 Å². The van der Waals surface area contributed by atoms with E-state index in [0.717, 1.165) is 4.57 Å². The number of aliphatic hydroxyl groups is 1. The summed E-state index contributed by atoms with van der Waals surface area (Å²) in [5.74, 6) is 0. The van der Waals surface area contributed by atoms with Gasteiger partial charge in [-0.25, -0.2) is 4.79 Å². The number of aromatic nitrogens is 2. The van der Waals surface area contributed by atoms with E-state index in [1.54, 1.807) is 0 Å². The highest BCUT2D eigenvalue weighted by atomic mass is 35.5. The maximum absolute atomic E-state index is 11.2. The van der Waals surface area contributed by atoms with Crippen molar-refractivity contribution in [1.29, 1.82) is 0 Å². The van der Waals surface area contributed by atoms with Crippen LogP contribution in [-0.4, -0.2) is 34.5 Å². The highest BCUT2D eigenvalue weighted by molar-refractivity contribution is 6.30. The number of rotatable bonds is 4. The summed E-state index contributed by atoms with van der Waals surface area (Å²) in [5.41, 5.74) is -1.25. The molecular weight excluding hydrogens is 224 g/mol. The Labute approximate surface area is 90.1 Å². The van der Waals surface area contributed by atoms with Gasteiger partial charge in [-0.1, -0.05) is 11.6 Å². The Balaban J connectivity index is 2.91. The van der Waals surface area contributed by atoms with Gasteiger partial charge >= 0.3 is 5.69 Å². The quantitative estimate of drug-likeness (QED) is 0.714. The number of hydrogen-bond donors (Lipinski definition) is 2. The van der Waals surface area contributed by atoms with E-state index in [-0.39, 0.29) is 18.2 Å². The average molecular weight is 235 g/mol. The van der Waals surface area contributed by atoms with E-state index in [2.05, 4.69) is 0 Å². The van der Waals surface area contributed by atoms with E-state index < -0.39 is 17.4 Å². The maximum Gasteiger partial charge on any atom is 0.328 e. The summed E-state index contributed by atoms with van der Waals surface area (Å²) in [7, 11) is 1.44. The van der Waals surface area contributed by atoms with Gasteiger partial charge in [0.25, 0.3) is 5.56 Å². The lowest BCUT2D eigenvalue weighted by Gasteiger charge is -2.10. The summed E-state index contributed by atoms with van der Waals surface area (Å²) in [6, 6.07) is 0. The number of nitrogens with zero attached hydrogens (tertiary/aromatic N) is 1. The van der Waals surface area contributed by atoms with Crippen LogP contribution in [0.5, 0.6) is 0 Å². The van der Waals surface area contributed by atoms with Gasteiger partial charge in [0.05, 0.1) is 19.3 Å². The second kappa shape index (κ2) is 5.11. The van der Waals surface area contributed by atoms with Crippen LogP contribution >= 0.6 is 11.6 Å². The lowest BCUT2D eigenvalue weighted by molar-refractivity contribution is 0.0527. The van der Waals surface area contributed by atoms with Crippen LogP contribution in [0.15, 0.2) is 15.8 Å². The van der Waals surface area contributed by atoms with Gasteiger partial charge in [0.1, 0.15) is 5.02 Å². The summed E-state index contributed by atoms with van der Waals surface area (Å²) in [4.78, 5) is 24.2. The summed E-state index contributed by atoms with van der Waals surface area (Å²) >= 11 is 5.53. The zero-order valence-corrected chi connectivity index (χ0v) is 8.82. The molecule has 0 spiro atoms. The molecule has 1 heterocycles. The molecule has 1 aromatic heterocycles. The van der Waals surface area contributed by atoms with Crippen molar-refractivity contribution in [3.63, 3.8) is 0 Å². The molecule has 1 atom stereocenters. The van der Waals surface area contributed by atoms with Crippen molar-refractivity contribution in [1.82, 2.24) is 9.55 Å². The van der Waals surface area contributed by atoms with Gasteiger partial charge in [0.15, 0.2) is 0 Å². The molecule has 0 saturated carbocycles. The van der Waals surface area contributed by atoms with E-state index >= 15 is 0 Å². The van der Waals surface area contributed by atoms with E-state index in [1.165, 1.54) is 13.3 Å². The van der Waals surface area contributed by atoms with Crippen molar-refractivity contribution in [3.05, 3.63) is 32.1 Å². The molecular formula is C8H11ClN2O4. The van der Waals surface area contributed by atoms with Gasteiger partial charge in [0.2, 0.25) is 0 Å². The van der Waals surface area contributed by atoms with Crippen LogP contribution < -0.4 is 11.2 Å². The third kappa shape index (κ3) is 3.19. The lowest BCUT2D eigenvalue weighted by Crippen LogP contribution is -2.34. The monoisotopic (exact) mass is 234 g/mol. The lowest BCUT2D eigenvalue weighted by atomic mass is 10.4. The normalized spacial score (nSPS) is 12.7. The Morgan fingerprint density at radius 2 is 2.33 bits per heavy atom. The molecule has 15 heavy (non-hydrogen) atoms. The molecule has 0 fully saturated rings. The number of aromatic amines is 1. The molecule has 0 bridgehead atoms. The Morgan fingerprint density at radius 3 is 2.93 bits per heavy atom. The van der Waals surface area contributed by atoms with Gasteiger partial charge in [-0.15, -0.1) is 0 Å². The van der Waals surface area contributed by atoms with Crippen LogP contribution in [0.25, 0.3) is 0 Å². The molecule has 1 aromatic rings. The molecule has 0 aromatic carbocycles. The Bertz CT molecular complexity index is 439. The third-order valence-electron chi connectivity index (χ3n) is 1.73. The summed E-state index contributed by atoms with van der Waals surface area (Å²) < 4.78 is 5.82. The first-order chi connectivity index (χ1) is 7.04. The smallest absolute Gasteiger partial charge is 0.328 e. The SMILES string of the molecule is COCC(O)Cn1cc(Cl)c(=O)[nH]c1=O. The first kappa shape index (κ1) is 12.0. The fourth-order valence-electron chi connectivity index (χ4n) is 1.09. The highest BCUT2D eigenvalue weighted by Crippen LogP contribution is 1.97. The summed E-state index contributed by atoms with van der Waals surface area (Å²) in [6.07, 6.45) is 0.358. The number of ether oxygens (including phenoxy) is 1. The number of hydrogen-bond acceptors (Lipinski definition) is 4. The molecule has 0 aliphatic carbocycles. The van der Waals surface area contributed by atoms with Crippen LogP contribution in [0, 0.1) is 0 Å². The second-order valence-electron chi connectivity index (χ2n) is 3.00. The number of halogens is 1. The second-order valence-corrected chi connectivity index (χ2v) is 3.41. The van der Waals surface area contributed by atoms with Gasteiger partial charge in [-0.05, 0) is 0 Å². The number of aliphatic hydroxyl groups excluding tert-OH is 1. The molecule has 1 rings (SSSR count). The molecule has 0 amide bonds. The van der Waals surface area contributed by atoms with Crippen molar-refractivity contribution in [2.75, 3.05) is 13.7 Å². The standard InChI is InChI=1S/C8H11ClN2O4/c1-15-4-5(12)2-11-3-6(9)7(13)10-8(11)14/h3,5,12H,2,4H2,1H3,(H,10,13,14). The van der Waals surface area contributed by atoms with E-state index in [9.17, 15) is 14.7 Å². The molecule has 7 heteroatoms. The summed E-state index contributed by atoms with van der Waals surface area (Å²) in [5, 5.41) is 9.27. The topological polar surface area (TPSA) is 84.3 Å². The molecule has 0 radical (unpaired) electrons. The van der Waals surface area contributed by atoms with E-state index in [4.69, 9.17) is 16.3 Å². The zero-order chi connectivity index (χ0) is 11.4. The largest absolute Gasteiger partial charge is 0.389 e. The van der Waals surface area contributed by atoms with Crippen molar-refractivity contribution in [2.24, 2.45) is 0 Å². The fourth-order valence-corrected chi connectivity index (χ4v) is 1.26. The first-order valence-corrected chi connectivity index (χ1v) is 4.58. The number of methoxy groups -OCH3 is 1. The minimum Gasteiger partial charge on any atom is -0.389 e. The van der Waals surface area contributed by atoms with E-state index in [0.29, 0.717) is 0 Å². The van der Waals surface area contributed by atoms with Crippen molar-refractivity contribution < 1.29 is 9.84 Å². The van der Waals surface area contributed by atoms with Crippen LogP contribution in [0.2, 0.25) is 5.02 Å². The minimum absolute atomic E-state index is 0.0170. The predicted octanol–water partition coefficient (Wildman–Crippen LogP) is -0.803. The molecule has 6 nitrogen and oxygen atoms in total. The molecule has 0 saturated heterocycles. The van der Waals surface area contributed by atoms with Gasteiger partial charge in [0, 0.05) is 13.3 Å². The van der Waals surface area contributed by atoms with Crippen LogP contribution in [0.1, 0.15) is 0 Å². The van der Waals surface area contributed by atoms with Crippen LogP contribution in [0.4, 0.5) is 0 Å². The van der Waals surface area contributed by atoms with E-state index in [1.807, 2.05) is 4.98 Å². The molecule has 0 aliphatic heterocycles. The van der Waals surface area contributed by atoms with Crippen molar-refractivity contribution >= 4 is 11.6 Å². The van der Waals surface area contributed by atoms with Gasteiger partial charge in [-0.3, -0.25) is 14.3 Å². The van der Waals surface area contributed by atoms with Gasteiger partial charge < -0.3 is 9.84 Å². The van der Waals surface area contributed by atoms with Crippen molar-refractivity contribution in [3.8, 4) is 0 Å². The average Bonchev–Trinajstić information content (AvgIpc) is 2.14. The molecule has 2 N–H and O–H groups in total. The Hall–Kier alpha value is -1.11. The Kier molecular flexibility index (Phi) is 4.07. The van der Waals surface area contributed by atoms with Crippen molar-refractivity contribution in [2.45, 2.75) is 12.6 Å².